The molecule has 0 atom stereocenters. The quantitative estimate of drug-likeness (QED) is 0.480. The number of rotatable bonds is 4. The molecule has 0 saturated carbocycles. The Morgan fingerprint density at radius 3 is 1.46 bits per heavy atom. The van der Waals surface area contributed by atoms with Crippen LogP contribution in [0.5, 0.6) is 0 Å². The second-order valence-electron chi connectivity index (χ2n) is 6.42. The zero-order chi connectivity index (χ0) is 19.1. The summed E-state index contributed by atoms with van der Waals surface area (Å²) >= 11 is 0. The first-order valence-electron chi connectivity index (χ1n) is 8.59. The van der Waals surface area contributed by atoms with Crippen molar-refractivity contribution in [2.24, 2.45) is 0 Å². The molecule has 0 fully saturated rings. The molecule has 0 spiro atoms. The van der Waals surface area contributed by atoms with Crippen LogP contribution in [0.1, 0.15) is 11.1 Å². The minimum atomic E-state index is 0.385. The molecule has 138 valence electrons. The van der Waals surface area contributed by atoms with Crippen LogP contribution in [0.4, 0.5) is 11.6 Å². The maximum absolute atomic E-state index is 5.84. The lowest BCUT2D eigenvalue weighted by Gasteiger charge is -2.07. The van der Waals surface area contributed by atoms with Crippen molar-refractivity contribution in [2.45, 2.75) is 13.1 Å². The molecule has 5 rings (SSSR count). The highest BCUT2D eigenvalue weighted by Gasteiger charge is 2.10. The number of benzene rings is 1. The Bertz CT molecular complexity index is 1180. The van der Waals surface area contributed by atoms with E-state index in [0.717, 1.165) is 22.4 Å². The van der Waals surface area contributed by atoms with Gasteiger partial charge in [0.25, 0.3) is 0 Å². The standard InChI is InChI=1S/C18H16N10/c19-15-13-17(23-7-21-15)27(9-25-13)5-11-1-2-12(4-3-11)6-28-10-26-14-16(20)22-8-24-18(14)28/h1-4,7-10H,5-6H2,(H2,19,21,23)(H2,20,22,24). The van der Waals surface area contributed by atoms with E-state index in [4.69, 9.17) is 11.5 Å². The fraction of sp³-hybridized carbons (Fsp3) is 0.111. The molecule has 0 aliphatic heterocycles. The number of aromatic nitrogens is 8. The maximum atomic E-state index is 5.84. The van der Waals surface area contributed by atoms with Crippen LogP contribution >= 0.6 is 0 Å². The van der Waals surface area contributed by atoms with Gasteiger partial charge in [-0.05, 0) is 11.1 Å². The second-order valence-corrected chi connectivity index (χ2v) is 6.42. The Balaban J connectivity index is 1.38. The third-order valence-electron chi connectivity index (χ3n) is 4.59. The van der Waals surface area contributed by atoms with Gasteiger partial charge in [0.2, 0.25) is 0 Å². The number of hydrogen-bond acceptors (Lipinski definition) is 8. The molecule has 0 radical (unpaired) electrons. The molecule has 5 aromatic rings. The minimum Gasteiger partial charge on any atom is -0.382 e. The van der Waals surface area contributed by atoms with Crippen molar-refractivity contribution in [3.8, 4) is 0 Å². The highest BCUT2D eigenvalue weighted by molar-refractivity contribution is 5.81. The lowest BCUT2D eigenvalue weighted by molar-refractivity contribution is 0.800. The van der Waals surface area contributed by atoms with E-state index < -0.39 is 0 Å². The van der Waals surface area contributed by atoms with E-state index in [2.05, 4.69) is 54.2 Å². The van der Waals surface area contributed by atoms with E-state index in [9.17, 15) is 0 Å². The molecule has 0 aliphatic carbocycles. The van der Waals surface area contributed by atoms with Crippen molar-refractivity contribution in [1.82, 2.24) is 39.0 Å². The summed E-state index contributed by atoms with van der Waals surface area (Å²) in [6.07, 6.45) is 6.35. The van der Waals surface area contributed by atoms with Crippen LogP contribution in [-0.2, 0) is 13.1 Å². The van der Waals surface area contributed by atoms with Crippen LogP contribution in [0, 0.1) is 0 Å². The van der Waals surface area contributed by atoms with Crippen LogP contribution in [0.3, 0.4) is 0 Å². The summed E-state index contributed by atoms with van der Waals surface area (Å²) < 4.78 is 3.90. The monoisotopic (exact) mass is 372 g/mol. The van der Waals surface area contributed by atoms with Crippen LogP contribution < -0.4 is 11.5 Å². The molecular weight excluding hydrogens is 356 g/mol. The average Bonchev–Trinajstić information content (AvgIpc) is 3.30. The molecule has 0 bridgehead atoms. The van der Waals surface area contributed by atoms with Gasteiger partial charge in [-0.15, -0.1) is 0 Å². The topological polar surface area (TPSA) is 139 Å². The zero-order valence-electron chi connectivity index (χ0n) is 14.8. The van der Waals surface area contributed by atoms with Crippen molar-refractivity contribution < 1.29 is 0 Å². The average molecular weight is 372 g/mol. The van der Waals surface area contributed by atoms with Gasteiger partial charge in [0.15, 0.2) is 22.9 Å². The summed E-state index contributed by atoms with van der Waals surface area (Å²) in [5, 5.41) is 0. The zero-order valence-corrected chi connectivity index (χ0v) is 14.8. The number of fused-ring (bicyclic) bond motifs is 2. The van der Waals surface area contributed by atoms with Crippen molar-refractivity contribution in [3.05, 3.63) is 60.7 Å². The third kappa shape index (κ3) is 2.67. The van der Waals surface area contributed by atoms with Gasteiger partial charge in [0.1, 0.15) is 23.7 Å². The first kappa shape index (κ1) is 16.1. The van der Waals surface area contributed by atoms with Gasteiger partial charge in [-0.25, -0.2) is 29.9 Å². The Morgan fingerprint density at radius 2 is 1.04 bits per heavy atom. The molecule has 4 heterocycles. The van der Waals surface area contributed by atoms with E-state index in [1.165, 1.54) is 12.7 Å². The number of nitrogens with two attached hydrogens (primary N) is 2. The van der Waals surface area contributed by atoms with Gasteiger partial charge in [0, 0.05) is 0 Å². The fourth-order valence-corrected chi connectivity index (χ4v) is 3.17. The molecule has 28 heavy (non-hydrogen) atoms. The van der Waals surface area contributed by atoms with E-state index in [-0.39, 0.29) is 0 Å². The summed E-state index contributed by atoms with van der Waals surface area (Å²) in [6.45, 7) is 1.29. The van der Waals surface area contributed by atoms with Gasteiger partial charge in [-0.3, -0.25) is 0 Å². The van der Waals surface area contributed by atoms with E-state index >= 15 is 0 Å². The number of anilines is 2. The molecule has 0 unspecified atom stereocenters. The molecule has 10 heteroatoms. The Labute approximate surface area is 158 Å². The Hall–Kier alpha value is -4.08. The summed E-state index contributed by atoms with van der Waals surface area (Å²) in [6, 6.07) is 8.31. The minimum absolute atomic E-state index is 0.385. The van der Waals surface area contributed by atoms with E-state index in [0.29, 0.717) is 35.8 Å². The van der Waals surface area contributed by atoms with Crippen molar-refractivity contribution in [2.75, 3.05) is 11.5 Å². The smallest absolute Gasteiger partial charge is 0.165 e. The SMILES string of the molecule is Nc1ncnc2c1ncn2Cc1ccc(Cn2cnc3c(N)ncnc32)cc1. The normalized spacial score (nSPS) is 11.4. The van der Waals surface area contributed by atoms with Crippen molar-refractivity contribution in [1.29, 1.82) is 0 Å². The number of imidazole rings is 2. The predicted molar refractivity (Wildman–Crippen MR) is 104 cm³/mol. The first-order chi connectivity index (χ1) is 13.7. The Kier molecular flexibility index (Phi) is 3.61. The van der Waals surface area contributed by atoms with E-state index in [1.807, 2.05) is 9.13 Å². The lowest BCUT2D eigenvalue weighted by Crippen LogP contribution is -2.02. The molecular formula is C18H16N10. The van der Waals surface area contributed by atoms with Crippen LogP contribution in [-0.4, -0.2) is 39.0 Å². The number of nitrogen functional groups attached to an aromatic ring is 2. The molecule has 0 saturated heterocycles. The Morgan fingerprint density at radius 1 is 0.607 bits per heavy atom. The van der Waals surface area contributed by atoms with Gasteiger partial charge in [-0.1, -0.05) is 24.3 Å². The lowest BCUT2D eigenvalue weighted by atomic mass is 10.1. The van der Waals surface area contributed by atoms with Gasteiger partial charge < -0.3 is 20.6 Å². The molecule has 0 aliphatic rings. The maximum Gasteiger partial charge on any atom is 0.165 e. The van der Waals surface area contributed by atoms with Crippen LogP contribution in [0.25, 0.3) is 22.3 Å². The highest BCUT2D eigenvalue weighted by atomic mass is 15.1. The fourth-order valence-electron chi connectivity index (χ4n) is 3.17. The van der Waals surface area contributed by atoms with Gasteiger partial charge >= 0.3 is 0 Å². The highest BCUT2D eigenvalue weighted by Crippen LogP contribution is 2.18. The summed E-state index contributed by atoms with van der Waals surface area (Å²) in [5.41, 5.74) is 16.6. The van der Waals surface area contributed by atoms with E-state index in [1.54, 1.807) is 12.7 Å². The van der Waals surface area contributed by atoms with Crippen LogP contribution in [0.15, 0.2) is 49.6 Å². The summed E-state index contributed by atoms with van der Waals surface area (Å²) in [7, 11) is 0. The molecule has 1 aromatic carbocycles. The number of nitrogens with zero attached hydrogens (tertiary/aromatic N) is 8. The molecule has 10 nitrogen and oxygen atoms in total. The second kappa shape index (κ2) is 6.27. The van der Waals surface area contributed by atoms with Crippen molar-refractivity contribution >= 4 is 34.0 Å². The predicted octanol–water partition coefficient (Wildman–Crippen LogP) is 1.23. The summed E-state index contributed by atoms with van der Waals surface area (Å²) in [4.78, 5) is 25.1. The summed E-state index contributed by atoms with van der Waals surface area (Å²) in [5.74, 6) is 0.771. The van der Waals surface area contributed by atoms with Crippen molar-refractivity contribution in [3.63, 3.8) is 0 Å². The molecule has 4 aromatic heterocycles. The largest absolute Gasteiger partial charge is 0.382 e. The van der Waals surface area contributed by atoms with Crippen LogP contribution in [0.2, 0.25) is 0 Å². The first-order valence-corrected chi connectivity index (χ1v) is 8.59. The third-order valence-corrected chi connectivity index (χ3v) is 4.59. The van der Waals surface area contributed by atoms with Gasteiger partial charge in [0.05, 0.1) is 25.7 Å². The molecule has 4 N–H and O–H groups in total. The van der Waals surface area contributed by atoms with Gasteiger partial charge in [-0.2, -0.15) is 0 Å². The molecule has 0 amide bonds. The number of hydrogen-bond donors (Lipinski definition) is 2.